The third-order valence-electron chi connectivity index (χ3n) is 5.57. The van der Waals surface area contributed by atoms with E-state index >= 15 is 0 Å². The van der Waals surface area contributed by atoms with E-state index in [1.807, 2.05) is 50.3 Å². The fraction of sp³-hybridized carbons (Fsp3) is 0.900. The maximum atomic E-state index is 12.8. The molecule has 1 heterocycles. The van der Waals surface area contributed by atoms with Gasteiger partial charge in [0.15, 0.2) is 4.11 Å². The largest absolute Gasteiger partial charge is 0.448 e. The number of ether oxygens (including phenoxy) is 2. The van der Waals surface area contributed by atoms with Gasteiger partial charge in [-0.25, -0.2) is 0 Å². The van der Waals surface area contributed by atoms with Crippen LogP contribution < -0.4 is 0 Å². The van der Waals surface area contributed by atoms with E-state index in [9.17, 15) is 14.7 Å². The van der Waals surface area contributed by atoms with Crippen LogP contribution in [0.2, 0.25) is 0 Å². The van der Waals surface area contributed by atoms with Crippen LogP contribution in [0.1, 0.15) is 67.2 Å². The van der Waals surface area contributed by atoms with Gasteiger partial charge in [-0.15, -0.1) is 0 Å². The number of methoxy groups -OCH3 is 1. The van der Waals surface area contributed by atoms with Crippen LogP contribution in [0.15, 0.2) is 0 Å². The Labute approximate surface area is 171 Å². The minimum Gasteiger partial charge on any atom is -0.448 e. The molecule has 0 aromatic carbocycles. The summed E-state index contributed by atoms with van der Waals surface area (Å²) in [5.41, 5.74) is -1.68. The van der Waals surface area contributed by atoms with E-state index in [1.165, 1.54) is 0 Å². The van der Waals surface area contributed by atoms with Crippen LogP contribution in [0.25, 0.3) is 0 Å². The normalized spacial score (nSPS) is 44.3. The molecule has 0 aromatic rings. The van der Waals surface area contributed by atoms with Crippen LogP contribution in [0.5, 0.6) is 0 Å². The van der Waals surface area contributed by atoms with Crippen molar-refractivity contribution in [2.75, 3.05) is 7.11 Å². The third kappa shape index (κ3) is 6.44. The van der Waals surface area contributed by atoms with Crippen molar-refractivity contribution in [1.29, 1.82) is 0 Å². The lowest BCUT2D eigenvalue weighted by Gasteiger charge is -2.36. The Bertz CT molecular complexity index is 506. The lowest BCUT2D eigenvalue weighted by Crippen LogP contribution is -2.43. The lowest BCUT2D eigenvalue weighted by molar-refractivity contribution is -0.159. The maximum absolute atomic E-state index is 12.8. The van der Waals surface area contributed by atoms with Crippen molar-refractivity contribution in [3.8, 4) is 0 Å². The van der Waals surface area contributed by atoms with E-state index < -0.39 is 15.3 Å². The molecular formula is C20H35IO5. The highest BCUT2D eigenvalue weighted by molar-refractivity contribution is 14.1. The average molecular weight is 482 g/mol. The topological polar surface area (TPSA) is 72.8 Å². The van der Waals surface area contributed by atoms with Crippen LogP contribution >= 0.6 is 22.6 Å². The van der Waals surface area contributed by atoms with Gasteiger partial charge in [0.2, 0.25) is 0 Å². The monoisotopic (exact) mass is 482 g/mol. The first-order chi connectivity index (χ1) is 11.8. The van der Waals surface area contributed by atoms with Gasteiger partial charge >= 0.3 is 5.97 Å². The highest BCUT2D eigenvalue weighted by atomic mass is 127. The zero-order valence-corrected chi connectivity index (χ0v) is 19.3. The van der Waals surface area contributed by atoms with E-state index in [4.69, 9.17) is 9.47 Å². The van der Waals surface area contributed by atoms with E-state index in [0.717, 1.165) is 6.42 Å². The number of alkyl halides is 1. The molecule has 1 aliphatic rings. The van der Waals surface area contributed by atoms with Crippen molar-refractivity contribution in [2.45, 2.75) is 82.5 Å². The summed E-state index contributed by atoms with van der Waals surface area (Å²) in [5.74, 6) is -0.679. The molecule has 1 saturated heterocycles. The van der Waals surface area contributed by atoms with Crippen molar-refractivity contribution >= 4 is 34.3 Å². The summed E-state index contributed by atoms with van der Waals surface area (Å²) in [7, 11) is 1.68. The number of Topliss-reactive ketones (excluding diaryl/α,β-unsaturated/α-hetero) is 1. The highest BCUT2D eigenvalue weighted by Crippen LogP contribution is 2.35. The number of rotatable bonds is 1. The summed E-state index contributed by atoms with van der Waals surface area (Å²) in [6.45, 7) is 11.4. The number of hydrogen-bond donors (Lipinski definition) is 1. The van der Waals surface area contributed by atoms with Gasteiger partial charge < -0.3 is 14.6 Å². The number of carbonyl (C=O) groups is 2. The summed E-state index contributed by atoms with van der Waals surface area (Å²) < 4.78 is 10.6. The smallest absolute Gasteiger partial charge is 0.309 e. The quantitative estimate of drug-likeness (QED) is 0.346. The Balaban J connectivity index is 3.14. The molecule has 0 unspecified atom stereocenters. The van der Waals surface area contributed by atoms with Gasteiger partial charge in [0.25, 0.3) is 0 Å². The summed E-state index contributed by atoms with van der Waals surface area (Å²) in [4.78, 5) is 25.3. The van der Waals surface area contributed by atoms with Crippen LogP contribution in [-0.2, 0) is 19.1 Å². The summed E-state index contributed by atoms with van der Waals surface area (Å²) >= 11 is 1.95. The molecule has 7 atom stereocenters. The van der Waals surface area contributed by atoms with Crippen LogP contribution in [0.3, 0.4) is 0 Å². The average Bonchev–Trinajstić information content (AvgIpc) is 2.52. The van der Waals surface area contributed by atoms with Gasteiger partial charge in [-0.05, 0) is 68.0 Å². The minimum absolute atomic E-state index is 0.113. The molecule has 0 amide bonds. The van der Waals surface area contributed by atoms with E-state index in [1.54, 1.807) is 14.0 Å². The fourth-order valence-corrected chi connectivity index (χ4v) is 4.67. The Morgan fingerprint density at radius 2 is 1.58 bits per heavy atom. The van der Waals surface area contributed by atoms with E-state index in [0.29, 0.717) is 12.8 Å². The standard InChI is InChI=1S/C20H35IO5/c1-12-8-13(2)17(23)26-18(21)20(6,24)11-15(4)16(22)14(3)10-19(5,9-12)25-7/h12-15,18,24H,8-11H2,1-7H3/t12-,13+,14+,15+,18-,19-,20-/m0/s1. The molecule has 152 valence electrons. The number of cyclic esters (lactones) is 1. The molecule has 5 nitrogen and oxygen atoms in total. The molecule has 1 aliphatic heterocycles. The second-order valence-corrected chi connectivity index (χ2v) is 9.95. The van der Waals surface area contributed by atoms with Gasteiger partial charge in [-0.3, -0.25) is 9.59 Å². The molecule has 1 N–H and O–H groups in total. The maximum Gasteiger partial charge on any atom is 0.309 e. The number of hydrogen-bond acceptors (Lipinski definition) is 5. The zero-order chi connectivity index (χ0) is 20.3. The van der Waals surface area contributed by atoms with Gasteiger partial charge in [-0.1, -0.05) is 27.7 Å². The first-order valence-corrected chi connectivity index (χ1v) is 10.7. The number of esters is 1. The Kier molecular flexibility index (Phi) is 8.55. The molecule has 0 saturated carbocycles. The molecule has 0 radical (unpaired) electrons. The molecule has 0 aromatic heterocycles. The van der Waals surface area contributed by atoms with Gasteiger partial charge in [-0.2, -0.15) is 0 Å². The van der Waals surface area contributed by atoms with Gasteiger partial charge in [0.05, 0.1) is 11.5 Å². The Morgan fingerprint density at radius 3 is 2.12 bits per heavy atom. The second kappa shape index (κ2) is 9.32. The van der Waals surface area contributed by atoms with Gasteiger partial charge in [0, 0.05) is 18.9 Å². The molecule has 1 fully saturated rings. The third-order valence-corrected chi connectivity index (χ3v) is 7.16. The predicted molar refractivity (Wildman–Crippen MR) is 110 cm³/mol. The Morgan fingerprint density at radius 1 is 1.04 bits per heavy atom. The van der Waals surface area contributed by atoms with E-state index in [-0.39, 0.29) is 41.8 Å². The first-order valence-electron chi connectivity index (χ1n) is 9.47. The van der Waals surface area contributed by atoms with Gasteiger partial charge in [0.1, 0.15) is 11.4 Å². The second-order valence-electron chi connectivity index (χ2n) is 8.82. The van der Waals surface area contributed by atoms with Crippen molar-refractivity contribution in [2.24, 2.45) is 23.7 Å². The van der Waals surface area contributed by atoms with E-state index in [2.05, 4.69) is 6.92 Å². The molecule has 26 heavy (non-hydrogen) atoms. The van der Waals surface area contributed by atoms with Crippen molar-refractivity contribution < 1.29 is 24.2 Å². The number of carbonyl (C=O) groups excluding carboxylic acids is 2. The van der Waals surface area contributed by atoms with Crippen molar-refractivity contribution in [3.05, 3.63) is 0 Å². The molecule has 6 heteroatoms. The SMILES string of the molecule is CO[C@@]1(C)C[C@@H](C)C[C@@H](C)C(=O)O[C@H](I)[C@@](C)(O)C[C@@H](C)C(=O)[C@H](C)C1. The first kappa shape index (κ1) is 23.8. The molecule has 0 spiro atoms. The summed E-state index contributed by atoms with van der Waals surface area (Å²) in [6.07, 6.45) is 2.34. The van der Waals surface area contributed by atoms with Crippen LogP contribution in [0.4, 0.5) is 0 Å². The molecule has 0 bridgehead atoms. The predicted octanol–water partition coefficient (Wildman–Crippen LogP) is 4.13. The minimum atomic E-state index is -1.26. The summed E-state index contributed by atoms with van der Waals surface area (Å²) in [5, 5.41) is 10.8. The van der Waals surface area contributed by atoms with Crippen LogP contribution in [0, 0.1) is 23.7 Å². The number of halogens is 1. The Hall–Kier alpha value is -0.210. The molecular weight excluding hydrogens is 447 g/mol. The fourth-order valence-electron chi connectivity index (χ4n) is 4.16. The number of aliphatic hydroxyl groups is 1. The zero-order valence-electron chi connectivity index (χ0n) is 17.2. The van der Waals surface area contributed by atoms with Crippen molar-refractivity contribution in [1.82, 2.24) is 0 Å². The number of ketones is 1. The van der Waals surface area contributed by atoms with Crippen LogP contribution in [-0.4, -0.2) is 39.3 Å². The van der Waals surface area contributed by atoms with Crippen molar-refractivity contribution in [3.63, 3.8) is 0 Å². The highest BCUT2D eigenvalue weighted by Gasteiger charge is 2.40. The lowest BCUT2D eigenvalue weighted by atomic mass is 9.78. The molecule has 0 aliphatic carbocycles. The summed E-state index contributed by atoms with van der Waals surface area (Å²) in [6, 6.07) is 0. The molecule has 1 rings (SSSR count).